The Hall–Kier alpha value is -1.89. The average molecular weight is 311 g/mol. The lowest BCUT2D eigenvalue weighted by Crippen LogP contribution is -2.54. The Balaban J connectivity index is 2.25. The van der Waals surface area contributed by atoms with Gasteiger partial charge in [-0.2, -0.15) is 11.8 Å². The van der Waals surface area contributed by atoms with Crippen LogP contribution in [-0.4, -0.2) is 48.2 Å². The molecular weight excluding hydrogens is 294 g/mol. The number of ether oxygens (including phenoxy) is 2. The van der Waals surface area contributed by atoms with E-state index < -0.39 is 17.4 Å². The minimum Gasteiger partial charge on any atom is -0.497 e. The van der Waals surface area contributed by atoms with Gasteiger partial charge in [-0.15, -0.1) is 0 Å². The van der Waals surface area contributed by atoms with E-state index in [2.05, 4.69) is 5.32 Å². The van der Waals surface area contributed by atoms with Crippen LogP contribution in [0.25, 0.3) is 0 Å². The highest BCUT2D eigenvalue weighted by molar-refractivity contribution is 7.99. The number of carboxylic acids is 1. The average Bonchev–Trinajstić information content (AvgIpc) is 2.96. The number of thioether (sulfide) groups is 1. The van der Waals surface area contributed by atoms with Crippen LogP contribution < -0.4 is 14.8 Å². The molecule has 1 fully saturated rings. The number of carboxylic acid groups (broad SMARTS) is 1. The van der Waals surface area contributed by atoms with Crippen LogP contribution in [-0.2, 0) is 4.79 Å². The van der Waals surface area contributed by atoms with Gasteiger partial charge in [0, 0.05) is 17.4 Å². The number of carbonyl (C=O) groups excluding carboxylic acids is 1. The van der Waals surface area contributed by atoms with Crippen molar-refractivity contribution in [3.63, 3.8) is 0 Å². The first kappa shape index (κ1) is 15.5. The first-order valence-corrected chi connectivity index (χ1v) is 7.53. The van der Waals surface area contributed by atoms with E-state index in [1.54, 1.807) is 18.2 Å². The van der Waals surface area contributed by atoms with Crippen LogP contribution in [0.1, 0.15) is 16.8 Å². The molecule has 1 atom stereocenters. The molecule has 1 saturated heterocycles. The minimum atomic E-state index is -1.20. The van der Waals surface area contributed by atoms with Crippen molar-refractivity contribution in [3.05, 3.63) is 23.8 Å². The van der Waals surface area contributed by atoms with Crippen LogP contribution in [0.3, 0.4) is 0 Å². The highest BCUT2D eigenvalue weighted by Gasteiger charge is 2.43. The molecule has 1 unspecified atom stereocenters. The third-order valence-electron chi connectivity index (χ3n) is 3.40. The SMILES string of the molecule is COc1cc(OC)cc(C(=O)NC2(C(=O)O)CCSC2)c1. The molecule has 0 saturated carbocycles. The van der Waals surface area contributed by atoms with E-state index in [4.69, 9.17) is 9.47 Å². The molecule has 0 radical (unpaired) electrons. The van der Waals surface area contributed by atoms with Crippen molar-refractivity contribution in [2.75, 3.05) is 25.7 Å². The molecule has 0 aliphatic carbocycles. The van der Waals surface area contributed by atoms with Gasteiger partial charge in [-0.25, -0.2) is 4.79 Å². The fourth-order valence-corrected chi connectivity index (χ4v) is 3.44. The zero-order valence-electron chi connectivity index (χ0n) is 11.8. The summed E-state index contributed by atoms with van der Waals surface area (Å²) in [6, 6.07) is 4.75. The van der Waals surface area contributed by atoms with Crippen molar-refractivity contribution in [3.8, 4) is 11.5 Å². The second-order valence-corrected chi connectivity index (χ2v) is 5.85. The number of benzene rings is 1. The van der Waals surface area contributed by atoms with Crippen molar-refractivity contribution in [1.29, 1.82) is 0 Å². The number of carbonyl (C=O) groups is 2. The second kappa shape index (κ2) is 6.26. The molecule has 6 nitrogen and oxygen atoms in total. The van der Waals surface area contributed by atoms with Gasteiger partial charge >= 0.3 is 5.97 Å². The molecule has 2 rings (SSSR count). The molecule has 0 aromatic heterocycles. The molecule has 1 aliphatic rings. The number of hydrogen-bond acceptors (Lipinski definition) is 5. The Labute approximate surface area is 126 Å². The number of amides is 1. The molecule has 2 N–H and O–H groups in total. The maximum absolute atomic E-state index is 12.4. The van der Waals surface area contributed by atoms with Crippen molar-refractivity contribution in [2.45, 2.75) is 12.0 Å². The summed E-state index contributed by atoms with van der Waals surface area (Å²) in [5, 5.41) is 12.0. The van der Waals surface area contributed by atoms with Gasteiger partial charge in [0.25, 0.3) is 5.91 Å². The summed E-state index contributed by atoms with van der Waals surface area (Å²) in [4.78, 5) is 23.8. The first-order valence-electron chi connectivity index (χ1n) is 6.37. The minimum absolute atomic E-state index is 0.309. The normalized spacial score (nSPS) is 20.9. The number of methoxy groups -OCH3 is 2. The predicted octanol–water partition coefficient (Wildman–Crippen LogP) is 1.39. The third-order valence-corrected chi connectivity index (χ3v) is 4.59. The van der Waals surface area contributed by atoms with Crippen molar-refractivity contribution in [1.82, 2.24) is 5.32 Å². The maximum Gasteiger partial charge on any atom is 0.330 e. The molecule has 1 aromatic rings. The summed E-state index contributed by atoms with van der Waals surface area (Å²) < 4.78 is 10.2. The first-order chi connectivity index (χ1) is 10.0. The monoisotopic (exact) mass is 311 g/mol. The highest BCUT2D eigenvalue weighted by atomic mass is 32.2. The topological polar surface area (TPSA) is 84.9 Å². The molecule has 1 heterocycles. The molecule has 1 amide bonds. The predicted molar refractivity (Wildman–Crippen MR) is 79.3 cm³/mol. The van der Waals surface area contributed by atoms with Crippen LogP contribution in [0.15, 0.2) is 18.2 Å². The van der Waals surface area contributed by atoms with Gasteiger partial charge in [-0.3, -0.25) is 4.79 Å². The smallest absolute Gasteiger partial charge is 0.330 e. The second-order valence-electron chi connectivity index (χ2n) is 4.75. The zero-order valence-corrected chi connectivity index (χ0v) is 12.7. The van der Waals surface area contributed by atoms with Crippen molar-refractivity contribution < 1.29 is 24.2 Å². The van der Waals surface area contributed by atoms with Crippen LogP contribution in [0.2, 0.25) is 0 Å². The van der Waals surface area contributed by atoms with Crippen LogP contribution in [0.5, 0.6) is 11.5 Å². The summed E-state index contributed by atoms with van der Waals surface area (Å²) in [6.07, 6.45) is 0.417. The fraction of sp³-hybridized carbons (Fsp3) is 0.429. The lowest BCUT2D eigenvalue weighted by molar-refractivity contribution is -0.143. The summed E-state index contributed by atoms with van der Waals surface area (Å²) in [7, 11) is 2.98. The van der Waals surface area contributed by atoms with E-state index in [1.807, 2.05) is 0 Å². The molecule has 0 bridgehead atoms. The van der Waals surface area contributed by atoms with Crippen LogP contribution in [0.4, 0.5) is 0 Å². The number of hydrogen-bond donors (Lipinski definition) is 2. The lowest BCUT2D eigenvalue weighted by atomic mass is 9.98. The Morgan fingerprint density at radius 3 is 2.29 bits per heavy atom. The largest absolute Gasteiger partial charge is 0.497 e. The standard InChI is InChI=1S/C14H17NO5S/c1-19-10-5-9(6-11(7-10)20-2)12(16)15-14(13(17)18)3-4-21-8-14/h5-7H,3-4,8H2,1-2H3,(H,15,16)(H,17,18). The van der Waals surface area contributed by atoms with E-state index in [0.717, 1.165) is 0 Å². The summed E-state index contributed by atoms with van der Waals surface area (Å²) in [5.41, 5.74) is -0.887. The Morgan fingerprint density at radius 2 is 1.86 bits per heavy atom. The van der Waals surface area contributed by atoms with Crippen LogP contribution >= 0.6 is 11.8 Å². The maximum atomic E-state index is 12.4. The molecule has 1 aromatic carbocycles. The van der Waals surface area contributed by atoms with Gasteiger partial charge in [0.05, 0.1) is 14.2 Å². The fourth-order valence-electron chi connectivity index (χ4n) is 2.11. The molecule has 21 heavy (non-hydrogen) atoms. The van der Waals surface area contributed by atoms with E-state index in [-0.39, 0.29) is 0 Å². The van der Waals surface area contributed by atoms with E-state index in [9.17, 15) is 14.7 Å². The molecule has 7 heteroatoms. The Kier molecular flexibility index (Phi) is 4.62. The molecule has 114 valence electrons. The summed E-state index contributed by atoms with van der Waals surface area (Å²) >= 11 is 1.52. The van der Waals surface area contributed by atoms with Gasteiger partial charge in [0.15, 0.2) is 0 Å². The molecule has 0 spiro atoms. The van der Waals surface area contributed by atoms with E-state index >= 15 is 0 Å². The lowest BCUT2D eigenvalue weighted by Gasteiger charge is -2.24. The van der Waals surface area contributed by atoms with Crippen molar-refractivity contribution >= 4 is 23.6 Å². The molecular formula is C14H17NO5S. The third kappa shape index (κ3) is 3.24. The van der Waals surface area contributed by atoms with E-state index in [0.29, 0.717) is 35.0 Å². The van der Waals surface area contributed by atoms with Gasteiger partial charge in [-0.05, 0) is 24.3 Å². The van der Waals surface area contributed by atoms with E-state index in [1.165, 1.54) is 26.0 Å². The van der Waals surface area contributed by atoms with Crippen molar-refractivity contribution in [2.24, 2.45) is 0 Å². The number of nitrogens with one attached hydrogen (secondary N) is 1. The number of rotatable bonds is 5. The Bertz CT molecular complexity index is 532. The zero-order chi connectivity index (χ0) is 15.5. The van der Waals surface area contributed by atoms with Gasteiger partial charge in [0.2, 0.25) is 0 Å². The van der Waals surface area contributed by atoms with Crippen LogP contribution in [0, 0.1) is 0 Å². The summed E-state index contributed by atoms with van der Waals surface area (Å²) in [5.74, 6) is 0.588. The quantitative estimate of drug-likeness (QED) is 0.855. The molecule has 1 aliphatic heterocycles. The highest BCUT2D eigenvalue weighted by Crippen LogP contribution is 2.29. The summed E-state index contributed by atoms with van der Waals surface area (Å²) in [6.45, 7) is 0. The van der Waals surface area contributed by atoms with Gasteiger partial charge in [-0.1, -0.05) is 0 Å². The number of aliphatic carboxylic acids is 1. The van der Waals surface area contributed by atoms with Gasteiger partial charge in [0.1, 0.15) is 17.0 Å². The Morgan fingerprint density at radius 1 is 1.24 bits per heavy atom. The van der Waals surface area contributed by atoms with Gasteiger partial charge < -0.3 is 19.9 Å².